The summed E-state index contributed by atoms with van der Waals surface area (Å²) in [6, 6.07) is 6.22. The van der Waals surface area contributed by atoms with Crippen molar-refractivity contribution in [1.82, 2.24) is 0 Å². The van der Waals surface area contributed by atoms with Gasteiger partial charge in [0.25, 0.3) is 0 Å². The van der Waals surface area contributed by atoms with E-state index in [1.165, 1.54) is 7.11 Å². The summed E-state index contributed by atoms with van der Waals surface area (Å²) >= 11 is 0. The molecule has 0 radical (unpaired) electrons. The number of hydrogen-bond donors (Lipinski definition) is 1. The lowest BCUT2D eigenvalue weighted by Gasteiger charge is -2.14. The van der Waals surface area contributed by atoms with Crippen LogP contribution in [-0.4, -0.2) is 7.11 Å². The third kappa shape index (κ3) is 2.11. The van der Waals surface area contributed by atoms with Gasteiger partial charge in [-0.3, -0.25) is 0 Å². The number of rotatable bonds is 3. The quantitative estimate of drug-likeness (QED) is 0.909. The van der Waals surface area contributed by atoms with E-state index in [1.54, 1.807) is 18.2 Å². The Morgan fingerprint density at radius 1 is 1.28 bits per heavy atom. The number of aryl methyl sites for hydroxylation is 2. The van der Waals surface area contributed by atoms with Gasteiger partial charge in [0.1, 0.15) is 11.5 Å². The van der Waals surface area contributed by atoms with Crippen molar-refractivity contribution in [2.75, 3.05) is 7.11 Å². The topological polar surface area (TPSA) is 48.4 Å². The van der Waals surface area contributed by atoms with Crippen LogP contribution in [0.4, 0.5) is 4.39 Å². The van der Waals surface area contributed by atoms with E-state index in [9.17, 15) is 4.39 Å². The summed E-state index contributed by atoms with van der Waals surface area (Å²) in [5.41, 5.74) is 7.29. The Morgan fingerprint density at radius 3 is 2.56 bits per heavy atom. The highest BCUT2D eigenvalue weighted by Crippen LogP contribution is 2.30. The summed E-state index contributed by atoms with van der Waals surface area (Å²) in [6.07, 6.45) is 0. The highest BCUT2D eigenvalue weighted by Gasteiger charge is 2.20. The van der Waals surface area contributed by atoms with Gasteiger partial charge in [-0.1, -0.05) is 12.1 Å². The number of benzene rings is 1. The molecule has 96 valence electrons. The summed E-state index contributed by atoms with van der Waals surface area (Å²) in [4.78, 5) is 0. The minimum atomic E-state index is -0.558. The van der Waals surface area contributed by atoms with E-state index >= 15 is 0 Å². The minimum absolute atomic E-state index is 0.195. The molecule has 0 saturated carbocycles. The molecule has 0 spiro atoms. The van der Waals surface area contributed by atoms with Crippen LogP contribution in [-0.2, 0) is 0 Å². The predicted octanol–water partition coefficient (Wildman–Crippen LogP) is 3.09. The average molecular weight is 249 g/mol. The molecule has 0 amide bonds. The van der Waals surface area contributed by atoms with E-state index in [4.69, 9.17) is 14.9 Å². The average Bonchev–Trinajstić information content (AvgIpc) is 2.68. The van der Waals surface area contributed by atoms with Crippen LogP contribution in [0.3, 0.4) is 0 Å². The number of nitrogens with two attached hydrogens (primary N) is 1. The second kappa shape index (κ2) is 4.82. The third-order valence-electron chi connectivity index (χ3n) is 2.96. The molecule has 18 heavy (non-hydrogen) atoms. The van der Waals surface area contributed by atoms with E-state index in [2.05, 4.69) is 0 Å². The van der Waals surface area contributed by atoms with E-state index < -0.39 is 11.9 Å². The number of hydrogen-bond acceptors (Lipinski definition) is 3. The van der Waals surface area contributed by atoms with Gasteiger partial charge in [0.2, 0.25) is 0 Å². The molecule has 2 N–H and O–H groups in total. The summed E-state index contributed by atoms with van der Waals surface area (Å²) in [5, 5.41) is 0. The molecule has 3 nitrogen and oxygen atoms in total. The van der Waals surface area contributed by atoms with Crippen LogP contribution in [0, 0.1) is 19.7 Å². The van der Waals surface area contributed by atoms with Gasteiger partial charge in [0, 0.05) is 11.1 Å². The SMILES string of the molecule is COc1cccc(C(N)c2cc(C)oc2C)c1F. The molecule has 2 aromatic rings. The molecule has 1 heterocycles. The smallest absolute Gasteiger partial charge is 0.170 e. The van der Waals surface area contributed by atoms with Crippen LogP contribution in [0.2, 0.25) is 0 Å². The molecule has 1 unspecified atom stereocenters. The van der Waals surface area contributed by atoms with Crippen LogP contribution >= 0.6 is 0 Å². The van der Waals surface area contributed by atoms with Crippen molar-refractivity contribution in [2.45, 2.75) is 19.9 Å². The Morgan fingerprint density at radius 2 is 2.00 bits per heavy atom. The van der Waals surface area contributed by atoms with Crippen LogP contribution in [0.15, 0.2) is 28.7 Å². The maximum Gasteiger partial charge on any atom is 0.170 e. The first-order valence-electron chi connectivity index (χ1n) is 5.69. The summed E-state index contributed by atoms with van der Waals surface area (Å²) in [7, 11) is 1.43. The van der Waals surface area contributed by atoms with E-state index in [1.807, 2.05) is 19.9 Å². The fourth-order valence-corrected chi connectivity index (χ4v) is 2.05. The van der Waals surface area contributed by atoms with Crippen molar-refractivity contribution in [3.8, 4) is 5.75 Å². The largest absolute Gasteiger partial charge is 0.494 e. The fraction of sp³-hybridized carbons (Fsp3) is 0.286. The van der Waals surface area contributed by atoms with Gasteiger partial charge >= 0.3 is 0 Å². The predicted molar refractivity (Wildman–Crippen MR) is 67.2 cm³/mol. The maximum absolute atomic E-state index is 14.1. The Balaban J connectivity index is 2.46. The molecule has 4 heteroatoms. The lowest BCUT2D eigenvalue weighted by Crippen LogP contribution is -2.14. The minimum Gasteiger partial charge on any atom is -0.494 e. The molecule has 1 aromatic carbocycles. The molecular formula is C14H16FNO2. The van der Waals surface area contributed by atoms with Gasteiger partial charge in [-0.25, -0.2) is 4.39 Å². The van der Waals surface area contributed by atoms with Crippen LogP contribution in [0.25, 0.3) is 0 Å². The van der Waals surface area contributed by atoms with Crippen molar-refractivity contribution in [2.24, 2.45) is 5.73 Å². The van der Waals surface area contributed by atoms with Crippen molar-refractivity contribution in [3.63, 3.8) is 0 Å². The molecule has 2 rings (SSSR count). The van der Waals surface area contributed by atoms with Gasteiger partial charge in [-0.2, -0.15) is 0 Å². The van der Waals surface area contributed by atoms with Crippen LogP contribution in [0.1, 0.15) is 28.7 Å². The zero-order valence-corrected chi connectivity index (χ0v) is 10.7. The van der Waals surface area contributed by atoms with Crippen LogP contribution < -0.4 is 10.5 Å². The standard InChI is InChI=1S/C14H16FNO2/c1-8-7-11(9(2)18-8)14(16)10-5-4-6-12(17-3)13(10)15/h4-7,14H,16H2,1-3H3. The molecule has 0 fully saturated rings. The molecule has 1 aromatic heterocycles. The van der Waals surface area contributed by atoms with Crippen LogP contribution in [0.5, 0.6) is 5.75 Å². The van der Waals surface area contributed by atoms with E-state index in [0.717, 1.165) is 11.3 Å². The van der Waals surface area contributed by atoms with Gasteiger partial charge in [-0.15, -0.1) is 0 Å². The number of ether oxygens (including phenoxy) is 1. The lowest BCUT2D eigenvalue weighted by atomic mass is 9.99. The molecule has 1 atom stereocenters. The molecular weight excluding hydrogens is 233 g/mol. The summed E-state index contributed by atoms with van der Waals surface area (Å²) in [5.74, 6) is 1.25. The Labute approximate surface area is 105 Å². The fourth-order valence-electron chi connectivity index (χ4n) is 2.05. The maximum atomic E-state index is 14.1. The highest BCUT2D eigenvalue weighted by atomic mass is 19.1. The molecule has 0 aliphatic heterocycles. The summed E-state index contributed by atoms with van der Waals surface area (Å²) < 4.78 is 24.5. The van der Waals surface area contributed by atoms with E-state index in [0.29, 0.717) is 11.3 Å². The first-order chi connectivity index (χ1) is 8.54. The lowest BCUT2D eigenvalue weighted by molar-refractivity contribution is 0.383. The van der Waals surface area contributed by atoms with Gasteiger partial charge in [0.05, 0.1) is 13.2 Å². The zero-order valence-electron chi connectivity index (χ0n) is 10.7. The van der Waals surface area contributed by atoms with Gasteiger partial charge < -0.3 is 14.9 Å². The monoisotopic (exact) mass is 249 g/mol. The highest BCUT2D eigenvalue weighted by molar-refractivity contribution is 5.39. The Hall–Kier alpha value is -1.81. The Bertz CT molecular complexity index is 563. The van der Waals surface area contributed by atoms with Crippen molar-refractivity contribution in [3.05, 3.63) is 52.7 Å². The normalized spacial score (nSPS) is 12.5. The molecule has 0 aliphatic rings. The van der Waals surface area contributed by atoms with Crippen molar-refractivity contribution in [1.29, 1.82) is 0 Å². The first-order valence-corrected chi connectivity index (χ1v) is 5.69. The summed E-state index contributed by atoms with van der Waals surface area (Å²) in [6.45, 7) is 3.66. The molecule has 0 aliphatic carbocycles. The molecule has 0 saturated heterocycles. The number of furan rings is 1. The van der Waals surface area contributed by atoms with Gasteiger partial charge in [0.15, 0.2) is 11.6 Å². The zero-order chi connectivity index (χ0) is 13.3. The second-order valence-corrected chi connectivity index (χ2v) is 4.21. The molecule has 0 bridgehead atoms. The van der Waals surface area contributed by atoms with E-state index in [-0.39, 0.29) is 5.75 Å². The Kier molecular flexibility index (Phi) is 3.39. The van der Waals surface area contributed by atoms with Gasteiger partial charge in [-0.05, 0) is 26.0 Å². The number of methoxy groups -OCH3 is 1. The third-order valence-corrected chi connectivity index (χ3v) is 2.96. The second-order valence-electron chi connectivity index (χ2n) is 4.21. The van der Waals surface area contributed by atoms with Crippen molar-refractivity contribution >= 4 is 0 Å². The van der Waals surface area contributed by atoms with Crippen molar-refractivity contribution < 1.29 is 13.5 Å². The number of halogens is 1. The first kappa shape index (κ1) is 12.6.